The molecule has 0 saturated carbocycles. The van der Waals surface area contributed by atoms with Gasteiger partial charge in [-0.05, 0) is 43.0 Å². The smallest absolute Gasteiger partial charge is 0.242 e. The Kier molecular flexibility index (Phi) is 4.38. The first-order chi connectivity index (χ1) is 14.2. The highest BCUT2D eigenvalue weighted by Crippen LogP contribution is 2.17. The van der Waals surface area contributed by atoms with E-state index in [9.17, 15) is 4.79 Å². The number of hydrogen-bond acceptors (Lipinski definition) is 5. The first-order valence-electron chi connectivity index (χ1n) is 9.95. The molecule has 8 heteroatoms. The largest absolute Gasteiger partial charge is 0.353 e. The maximum atomic E-state index is 12.9. The summed E-state index contributed by atoms with van der Waals surface area (Å²) in [6.07, 6.45) is 2.91. The third-order valence-electron chi connectivity index (χ3n) is 5.56. The van der Waals surface area contributed by atoms with Crippen molar-refractivity contribution < 1.29 is 4.79 Å². The molecule has 4 heterocycles. The first kappa shape index (κ1) is 17.7. The van der Waals surface area contributed by atoms with E-state index in [1.54, 1.807) is 4.52 Å². The molecule has 148 valence electrons. The van der Waals surface area contributed by atoms with E-state index >= 15 is 0 Å². The quantitative estimate of drug-likeness (QED) is 0.537. The van der Waals surface area contributed by atoms with Crippen molar-refractivity contribution in [1.29, 1.82) is 0 Å². The Morgan fingerprint density at radius 2 is 1.90 bits per heavy atom. The highest BCUT2D eigenvalue weighted by Gasteiger charge is 2.21. The Bertz CT molecular complexity index is 1180. The second kappa shape index (κ2) is 7.20. The number of hydrogen-bond donors (Lipinski definition) is 0. The Morgan fingerprint density at radius 1 is 1.00 bits per heavy atom. The molecule has 1 saturated heterocycles. The van der Waals surface area contributed by atoms with Gasteiger partial charge < -0.3 is 14.4 Å². The van der Waals surface area contributed by atoms with Gasteiger partial charge in [0.15, 0.2) is 11.5 Å². The second-order valence-corrected chi connectivity index (χ2v) is 7.43. The lowest BCUT2D eigenvalue weighted by molar-refractivity contribution is -0.131. The lowest BCUT2D eigenvalue weighted by Gasteiger charge is -2.23. The summed E-state index contributed by atoms with van der Waals surface area (Å²) >= 11 is 0. The summed E-state index contributed by atoms with van der Waals surface area (Å²) < 4.78 is 3.80. The number of para-hydroxylation sites is 1. The molecule has 1 aliphatic rings. The lowest BCUT2D eigenvalue weighted by Crippen LogP contribution is -2.37. The van der Waals surface area contributed by atoms with E-state index < -0.39 is 0 Å². The maximum Gasteiger partial charge on any atom is 0.242 e. The lowest BCUT2D eigenvalue weighted by atomic mass is 10.2. The van der Waals surface area contributed by atoms with Gasteiger partial charge in [-0.25, -0.2) is 0 Å². The number of benzene rings is 1. The van der Waals surface area contributed by atoms with Crippen LogP contribution in [0.4, 0.5) is 5.82 Å². The van der Waals surface area contributed by atoms with Crippen LogP contribution in [-0.4, -0.2) is 61.4 Å². The van der Waals surface area contributed by atoms with Gasteiger partial charge >= 0.3 is 0 Å². The maximum absolute atomic E-state index is 12.9. The van der Waals surface area contributed by atoms with Gasteiger partial charge in [-0.2, -0.15) is 4.52 Å². The van der Waals surface area contributed by atoms with Gasteiger partial charge in [-0.15, -0.1) is 15.3 Å². The molecule has 1 aliphatic heterocycles. The minimum Gasteiger partial charge on any atom is -0.353 e. The molecular formula is C21H23N7O. The minimum atomic E-state index is 0.159. The summed E-state index contributed by atoms with van der Waals surface area (Å²) in [6, 6.07) is 14.1. The van der Waals surface area contributed by atoms with E-state index in [-0.39, 0.29) is 5.91 Å². The van der Waals surface area contributed by atoms with Gasteiger partial charge in [-0.1, -0.05) is 18.2 Å². The Hall–Kier alpha value is -3.42. The van der Waals surface area contributed by atoms with Crippen molar-refractivity contribution in [2.24, 2.45) is 0 Å². The Balaban J connectivity index is 1.28. The molecule has 1 fully saturated rings. The van der Waals surface area contributed by atoms with Crippen LogP contribution in [0.3, 0.4) is 0 Å². The third-order valence-corrected chi connectivity index (χ3v) is 5.56. The summed E-state index contributed by atoms with van der Waals surface area (Å²) in [6.45, 7) is 5.36. The minimum absolute atomic E-state index is 0.159. The number of anilines is 1. The SMILES string of the molecule is Cc1nnc2ccc(N3CCCN(C(=O)Cn4ccc5ccccc54)CC3)nn12. The van der Waals surface area contributed by atoms with E-state index in [0.29, 0.717) is 13.1 Å². The van der Waals surface area contributed by atoms with Gasteiger partial charge in [0, 0.05) is 37.9 Å². The summed E-state index contributed by atoms with van der Waals surface area (Å²) in [7, 11) is 0. The van der Waals surface area contributed by atoms with Crippen LogP contribution in [0.1, 0.15) is 12.2 Å². The molecule has 1 amide bonds. The van der Waals surface area contributed by atoms with Crippen LogP contribution in [0.2, 0.25) is 0 Å². The molecule has 0 spiro atoms. The highest BCUT2D eigenvalue weighted by atomic mass is 16.2. The van der Waals surface area contributed by atoms with Crippen LogP contribution < -0.4 is 4.90 Å². The number of aryl methyl sites for hydroxylation is 1. The molecule has 5 rings (SSSR count). The predicted octanol–water partition coefficient (Wildman–Crippen LogP) is 2.13. The summed E-state index contributed by atoms with van der Waals surface area (Å²) in [5.74, 6) is 1.82. The molecule has 0 bridgehead atoms. The molecule has 0 radical (unpaired) electrons. The molecule has 1 aromatic carbocycles. The van der Waals surface area contributed by atoms with Gasteiger partial charge in [0.1, 0.15) is 12.4 Å². The molecule has 8 nitrogen and oxygen atoms in total. The van der Waals surface area contributed by atoms with E-state index in [1.165, 1.54) is 0 Å². The number of fused-ring (bicyclic) bond motifs is 2. The second-order valence-electron chi connectivity index (χ2n) is 7.43. The fourth-order valence-electron chi connectivity index (χ4n) is 3.98. The molecule has 0 unspecified atom stereocenters. The van der Waals surface area contributed by atoms with Gasteiger partial charge in [-0.3, -0.25) is 4.79 Å². The van der Waals surface area contributed by atoms with Crippen LogP contribution >= 0.6 is 0 Å². The van der Waals surface area contributed by atoms with Gasteiger partial charge in [0.25, 0.3) is 0 Å². The number of carbonyl (C=O) groups excluding carboxylic acids is 1. The van der Waals surface area contributed by atoms with E-state index in [0.717, 1.165) is 54.2 Å². The zero-order valence-electron chi connectivity index (χ0n) is 16.4. The van der Waals surface area contributed by atoms with Crippen molar-refractivity contribution >= 4 is 28.3 Å². The molecule has 4 aromatic rings. The van der Waals surface area contributed by atoms with Crippen LogP contribution in [0, 0.1) is 6.92 Å². The normalized spacial score (nSPS) is 15.2. The van der Waals surface area contributed by atoms with E-state index in [2.05, 4.69) is 38.4 Å². The topological polar surface area (TPSA) is 71.6 Å². The first-order valence-corrected chi connectivity index (χ1v) is 9.95. The fraction of sp³-hybridized carbons (Fsp3) is 0.333. The molecule has 0 atom stereocenters. The molecule has 0 aliphatic carbocycles. The number of rotatable bonds is 3. The van der Waals surface area contributed by atoms with E-state index in [1.807, 2.05) is 46.9 Å². The number of nitrogens with zero attached hydrogens (tertiary/aromatic N) is 7. The zero-order valence-corrected chi connectivity index (χ0v) is 16.4. The summed E-state index contributed by atoms with van der Waals surface area (Å²) in [5, 5.41) is 14.0. The van der Waals surface area contributed by atoms with Crippen molar-refractivity contribution in [3.05, 3.63) is 54.5 Å². The van der Waals surface area contributed by atoms with Gasteiger partial charge in [0.2, 0.25) is 5.91 Å². The fourth-order valence-corrected chi connectivity index (χ4v) is 3.98. The Morgan fingerprint density at radius 3 is 2.83 bits per heavy atom. The highest BCUT2D eigenvalue weighted by molar-refractivity contribution is 5.83. The predicted molar refractivity (Wildman–Crippen MR) is 111 cm³/mol. The van der Waals surface area contributed by atoms with Crippen molar-refractivity contribution in [2.45, 2.75) is 19.9 Å². The average molecular weight is 389 g/mol. The molecule has 3 aromatic heterocycles. The summed E-state index contributed by atoms with van der Waals surface area (Å²) in [5.41, 5.74) is 1.84. The third kappa shape index (κ3) is 3.30. The van der Waals surface area contributed by atoms with Crippen LogP contribution in [0.15, 0.2) is 48.7 Å². The van der Waals surface area contributed by atoms with E-state index in [4.69, 9.17) is 0 Å². The van der Waals surface area contributed by atoms with Crippen molar-refractivity contribution in [2.75, 3.05) is 31.1 Å². The zero-order chi connectivity index (χ0) is 19.8. The van der Waals surface area contributed by atoms with Gasteiger partial charge in [0.05, 0.1) is 0 Å². The Labute approximate surface area is 168 Å². The van der Waals surface area contributed by atoms with Crippen molar-refractivity contribution in [3.8, 4) is 0 Å². The van der Waals surface area contributed by atoms with Crippen LogP contribution in [0.25, 0.3) is 16.6 Å². The van der Waals surface area contributed by atoms with Crippen molar-refractivity contribution in [3.63, 3.8) is 0 Å². The molecular weight excluding hydrogens is 366 g/mol. The van der Waals surface area contributed by atoms with Crippen LogP contribution in [-0.2, 0) is 11.3 Å². The number of carbonyl (C=O) groups is 1. The van der Waals surface area contributed by atoms with Crippen molar-refractivity contribution in [1.82, 2.24) is 29.3 Å². The molecule has 29 heavy (non-hydrogen) atoms. The average Bonchev–Trinajstić information content (AvgIpc) is 3.22. The monoisotopic (exact) mass is 389 g/mol. The number of aromatic nitrogens is 5. The number of amides is 1. The van der Waals surface area contributed by atoms with Crippen LogP contribution in [0.5, 0.6) is 0 Å². The molecule has 0 N–H and O–H groups in total. The summed E-state index contributed by atoms with van der Waals surface area (Å²) in [4.78, 5) is 17.1. The standard InChI is InChI=1S/C21H23N7O/c1-16-22-23-19-7-8-20(24-28(16)19)25-10-4-11-26(14-13-25)21(29)15-27-12-9-17-5-2-3-6-18(17)27/h2-3,5-9,12H,4,10-11,13-15H2,1H3.